The normalized spacial score (nSPS) is 13.4. The molecule has 0 aromatic heterocycles. The number of ether oxygens (including phenoxy) is 3. The number of nitrogens with zero attached hydrogens (tertiary/aromatic N) is 2. The van der Waals surface area contributed by atoms with Crippen LogP contribution >= 0.6 is 0 Å². The highest BCUT2D eigenvalue weighted by atomic mass is 16.5. The Balaban J connectivity index is 2.79. The molecule has 0 saturated carbocycles. The Bertz CT molecular complexity index is 568. The van der Waals surface area contributed by atoms with Gasteiger partial charge in [0.2, 0.25) is 0 Å². The van der Waals surface area contributed by atoms with E-state index in [1.807, 2.05) is 25.2 Å². The highest BCUT2D eigenvalue weighted by molar-refractivity contribution is 5.79. The number of nitrogens with one attached hydrogen (secondary N) is 1. The molecule has 142 valence electrons. The second-order valence-corrected chi connectivity index (χ2v) is 7.05. The third kappa shape index (κ3) is 6.12. The van der Waals surface area contributed by atoms with Gasteiger partial charge in [-0.15, -0.1) is 0 Å². The molecular formula is C19H33N3O3. The van der Waals surface area contributed by atoms with Crippen LogP contribution in [0.25, 0.3) is 0 Å². The summed E-state index contributed by atoms with van der Waals surface area (Å²) in [5.74, 6) is 2.38. The van der Waals surface area contributed by atoms with Crippen LogP contribution in [0.5, 0.6) is 11.5 Å². The molecule has 0 aliphatic heterocycles. The maximum Gasteiger partial charge on any atom is 0.193 e. The predicted molar refractivity (Wildman–Crippen MR) is 103 cm³/mol. The van der Waals surface area contributed by atoms with E-state index in [0.717, 1.165) is 23.0 Å². The van der Waals surface area contributed by atoms with Gasteiger partial charge in [0.05, 0.1) is 20.3 Å². The zero-order chi connectivity index (χ0) is 19.0. The van der Waals surface area contributed by atoms with Crippen molar-refractivity contribution in [3.8, 4) is 11.5 Å². The summed E-state index contributed by atoms with van der Waals surface area (Å²) >= 11 is 0. The third-order valence-electron chi connectivity index (χ3n) is 4.17. The molecule has 0 spiro atoms. The van der Waals surface area contributed by atoms with Crippen molar-refractivity contribution in [3.05, 3.63) is 23.8 Å². The minimum atomic E-state index is 0.0539. The van der Waals surface area contributed by atoms with Crippen molar-refractivity contribution in [2.75, 3.05) is 42.0 Å². The van der Waals surface area contributed by atoms with E-state index in [-0.39, 0.29) is 11.5 Å². The molecular weight excluding hydrogens is 318 g/mol. The van der Waals surface area contributed by atoms with Gasteiger partial charge in [-0.1, -0.05) is 20.8 Å². The Hall–Kier alpha value is -1.95. The molecule has 6 heteroatoms. The lowest BCUT2D eigenvalue weighted by atomic mass is 9.89. The van der Waals surface area contributed by atoms with Crippen LogP contribution in [0.2, 0.25) is 0 Å². The molecule has 0 aliphatic rings. The van der Waals surface area contributed by atoms with Crippen molar-refractivity contribution in [3.63, 3.8) is 0 Å². The van der Waals surface area contributed by atoms with Crippen molar-refractivity contribution in [2.45, 2.75) is 33.4 Å². The molecule has 1 aromatic carbocycles. The summed E-state index contributed by atoms with van der Waals surface area (Å²) < 4.78 is 16.3. The topological polar surface area (TPSA) is 55.3 Å². The number of aliphatic imine (C=N–C) groups is 1. The molecule has 0 bridgehead atoms. The fourth-order valence-electron chi connectivity index (χ4n) is 2.62. The monoisotopic (exact) mass is 351 g/mol. The van der Waals surface area contributed by atoms with Gasteiger partial charge in [0.1, 0.15) is 11.5 Å². The smallest absolute Gasteiger partial charge is 0.193 e. The van der Waals surface area contributed by atoms with Crippen LogP contribution in [-0.4, -0.2) is 58.9 Å². The van der Waals surface area contributed by atoms with E-state index in [9.17, 15) is 0 Å². The number of methoxy groups -OCH3 is 3. The zero-order valence-corrected chi connectivity index (χ0v) is 16.8. The molecule has 1 atom stereocenters. The van der Waals surface area contributed by atoms with Crippen LogP contribution in [0.15, 0.2) is 23.2 Å². The van der Waals surface area contributed by atoms with E-state index in [2.05, 4.69) is 36.0 Å². The lowest BCUT2D eigenvalue weighted by Gasteiger charge is -2.31. The van der Waals surface area contributed by atoms with Gasteiger partial charge in [0.15, 0.2) is 5.96 Å². The second-order valence-electron chi connectivity index (χ2n) is 7.05. The number of hydrogen-bond acceptors (Lipinski definition) is 4. The molecule has 6 nitrogen and oxygen atoms in total. The van der Waals surface area contributed by atoms with Gasteiger partial charge >= 0.3 is 0 Å². The molecule has 0 fully saturated rings. The zero-order valence-electron chi connectivity index (χ0n) is 16.8. The van der Waals surface area contributed by atoms with Crippen LogP contribution in [0.3, 0.4) is 0 Å². The molecule has 0 saturated heterocycles. The predicted octanol–water partition coefficient (Wildman–Crippen LogP) is 2.77. The van der Waals surface area contributed by atoms with Gasteiger partial charge < -0.3 is 24.4 Å². The molecule has 0 heterocycles. The van der Waals surface area contributed by atoms with Crippen molar-refractivity contribution >= 4 is 5.96 Å². The Morgan fingerprint density at radius 2 is 1.88 bits per heavy atom. The van der Waals surface area contributed by atoms with E-state index in [1.54, 1.807) is 28.4 Å². The van der Waals surface area contributed by atoms with Crippen molar-refractivity contribution in [1.29, 1.82) is 0 Å². The molecule has 0 aliphatic carbocycles. The number of hydrogen-bond donors (Lipinski definition) is 1. The van der Waals surface area contributed by atoms with Crippen LogP contribution in [-0.2, 0) is 11.3 Å². The first-order valence-corrected chi connectivity index (χ1v) is 8.42. The summed E-state index contributed by atoms with van der Waals surface area (Å²) in [6, 6.07) is 5.83. The average Bonchev–Trinajstić information content (AvgIpc) is 2.57. The number of guanidine groups is 1. The van der Waals surface area contributed by atoms with Crippen molar-refractivity contribution in [1.82, 2.24) is 10.2 Å². The van der Waals surface area contributed by atoms with Gasteiger partial charge in [-0.25, -0.2) is 0 Å². The molecule has 1 unspecified atom stereocenters. The summed E-state index contributed by atoms with van der Waals surface area (Å²) in [4.78, 5) is 6.43. The Morgan fingerprint density at radius 3 is 2.36 bits per heavy atom. The van der Waals surface area contributed by atoms with Gasteiger partial charge in [-0.05, 0) is 17.5 Å². The minimum Gasteiger partial charge on any atom is -0.497 e. The average molecular weight is 351 g/mol. The van der Waals surface area contributed by atoms with Crippen molar-refractivity contribution < 1.29 is 14.2 Å². The van der Waals surface area contributed by atoms with E-state index in [4.69, 9.17) is 14.2 Å². The van der Waals surface area contributed by atoms with Gasteiger partial charge in [0.25, 0.3) is 0 Å². The summed E-state index contributed by atoms with van der Waals surface area (Å²) in [5.41, 5.74) is 1.12. The first-order chi connectivity index (χ1) is 11.8. The molecule has 1 N–H and O–H groups in total. The molecule has 0 radical (unpaired) electrons. The highest BCUT2D eigenvalue weighted by Crippen LogP contribution is 2.25. The maximum atomic E-state index is 5.60. The summed E-state index contributed by atoms with van der Waals surface area (Å²) in [7, 11) is 8.83. The van der Waals surface area contributed by atoms with Gasteiger partial charge in [0, 0.05) is 45.9 Å². The minimum absolute atomic E-state index is 0.0539. The standard InChI is InChI=1S/C19H33N3O3/c1-19(2,3)17(25-8)12-21-18(20-4)22(5)13-14-9-10-15(23-6)11-16(14)24-7/h9-11,17H,12-13H2,1-8H3,(H,20,21). The maximum absolute atomic E-state index is 5.60. The largest absolute Gasteiger partial charge is 0.497 e. The van der Waals surface area contributed by atoms with Crippen LogP contribution in [0.1, 0.15) is 26.3 Å². The first-order valence-electron chi connectivity index (χ1n) is 8.42. The van der Waals surface area contributed by atoms with Gasteiger partial charge in [-0.2, -0.15) is 0 Å². The summed E-state index contributed by atoms with van der Waals surface area (Å²) in [6.07, 6.45) is 0.0909. The fraction of sp³-hybridized carbons (Fsp3) is 0.632. The summed E-state index contributed by atoms with van der Waals surface area (Å²) in [5, 5.41) is 3.39. The van der Waals surface area contributed by atoms with E-state index >= 15 is 0 Å². The van der Waals surface area contributed by atoms with Crippen LogP contribution in [0.4, 0.5) is 0 Å². The Kier molecular flexibility index (Phi) is 8.03. The fourth-order valence-corrected chi connectivity index (χ4v) is 2.62. The third-order valence-corrected chi connectivity index (χ3v) is 4.17. The Morgan fingerprint density at radius 1 is 1.20 bits per heavy atom. The summed E-state index contributed by atoms with van der Waals surface area (Å²) in [6.45, 7) is 7.85. The number of rotatable bonds is 7. The van der Waals surface area contributed by atoms with E-state index < -0.39 is 0 Å². The molecule has 0 amide bonds. The molecule has 25 heavy (non-hydrogen) atoms. The lowest BCUT2D eigenvalue weighted by Crippen LogP contribution is -2.45. The van der Waals surface area contributed by atoms with Crippen LogP contribution < -0.4 is 14.8 Å². The van der Waals surface area contributed by atoms with E-state index in [0.29, 0.717) is 13.1 Å². The first kappa shape index (κ1) is 21.1. The highest BCUT2D eigenvalue weighted by Gasteiger charge is 2.24. The molecule has 1 rings (SSSR count). The number of benzene rings is 1. The SMILES string of the molecule is CN=C(NCC(OC)C(C)(C)C)N(C)Cc1ccc(OC)cc1OC. The Labute approximate surface area is 152 Å². The quantitative estimate of drug-likeness (QED) is 0.605. The molecule has 1 aromatic rings. The lowest BCUT2D eigenvalue weighted by molar-refractivity contribution is 0.0202. The van der Waals surface area contributed by atoms with Crippen LogP contribution in [0, 0.1) is 5.41 Å². The second kappa shape index (κ2) is 9.51. The van der Waals surface area contributed by atoms with Gasteiger partial charge in [-0.3, -0.25) is 4.99 Å². The van der Waals surface area contributed by atoms with Crippen molar-refractivity contribution in [2.24, 2.45) is 10.4 Å². The van der Waals surface area contributed by atoms with E-state index in [1.165, 1.54) is 0 Å².